The van der Waals surface area contributed by atoms with Crippen molar-refractivity contribution in [2.24, 2.45) is 11.3 Å². The van der Waals surface area contributed by atoms with Crippen LogP contribution < -0.4 is 11.3 Å². The predicted octanol–water partition coefficient (Wildman–Crippen LogP) is 3.32. The molecule has 0 saturated heterocycles. The Morgan fingerprint density at radius 3 is 2.42 bits per heavy atom. The summed E-state index contributed by atoms with van der Waals surface area (Å²) in [6, 6.07) is 0. The van der Waals surface area contributed by atoms with Crippen LogP contribution in [0, 0.1) is 12.3 Å². The van der Waals surface area contributed by atoms with E-state index in [2.05, 4.69) is 31.2 Å². The minimum atomic E-state index is 0.476. The SMILES string of the molecule is CCc1nc(C2CCC(C)(C)CC2)nc(NN)c1C. The average molecular weight is 262 g/mol. The van der Waals surface area contributed by atoms with Gasteiger partial charge in [-0.2, -0.15) is 0 Å². The monoisotopic (exact) mass is 262 g/mol. The van der Waals surface area contributed by atoms with Gasteiger partial charge in [-0.05, 0) is 44.4 Å². The van der Waals surface area contributed by atoms with Crippen LogP contribution in [0.3, 0.4) is 0 Å². The number of nitrogens with two attached hydrogens (primary N) is 1. The van der Waals surface area contributed by atoms with Crippen molar-refractivity contribution < 1.29 is 0 Å². The zero-order chi connectivity index (χ0) is 14.0. The molecule has 0 radical (unpaired) electrons. The van der Waals surface area contributed by atoms with Crippen LogP contribution in [-0.4, -0.2) is 9.97 Å². The van der Waals surface area contributed by atoms with E-state index in [0.29, 0.717) is 11.3 Å². The van der Waals surface area contributed by atoms with Crippen LogP contribution in [0.1, 0.15) is 69.5 Å². The van der Waals surface area contributed by atoms with Gasteiger partial charge in [-0.15, -0.1) is 0 Å². The van der Waals surface area contributed by atoms with Crippen molar-refractivity contribution in [1.82, 2.24) is 9.97 Å². The number of anilines is 1. The highest BCUT2D eigenvalue weighted by molar-refractivity contribution is 5.45. The zero-order valence-electron chi connectivity index (χ0n) is 12.6. The first-order chi connectivity index (χ1) is 8.96. The first-order valence-electron chi connectivity index (χ1n) is 7.31. The van der Waals surface area contributed by atoms with E-state index in [1.54, 1.807) is 0 Å². The Morgan fingerprint density at radius 2 is 1.89 bits per heavy atom. The van der Waals surface area contributed by atoms with E-state index in [1.165, 1.54) is 25.7 Å². The number of rotatable bonds is 3. The Hall–Kier alpha value is -1.16. The maximum atomic E-state index is 5.58. The highest BCUT2D eigenvalue weighted by Gasteiger charge is 2.29. The summed E-state index contributed by atoms with van der Waals surface area (Å²) < 4.78 is 0. The fourth-order valence-corrected chi connectivity index (χ4v) is 2.91. The molecule has 2 rings (SSSR count). The summed E-state index contributed by atoms with van der Waals surface area (Å²) in [4.78, 5) is 9.39. The molecule has 1 heterocycles. The number of hydrogen-bond donors (Lipinski definition) is 2. The van der Waals surface area contributed by atoms with Crippen molar-refractivity contribution in [3.05, 3.63) is 17.1 Å². The molecule has 0 spiro atoms. The fraction of sp³-hybridized carbons (Fsp3) is 0.733. The van der Waals surface area contributed by atoms with Crippen molar-refractivity contribution in [3.63, 3.8) is 0 Å². The van der Waals surface area contributed by atoms with Gasteiger partial charge in [-0.1, -0.05) is 20.8 Å². The number of nitrogens with one attached hydrogen (secondary N) is 1. The van der Waals surface area contributed by atoms with Gasteiger partial charge in [0, 0.05) is 17.2 Å². The van der Waals surface area contributed by atoms with Crippen LogP contribution in [0.25, 0.3) is 0 Å². The van der Waals surface area contributed by atoms with Gasteiger partial charge in [0.2, 0.25) is 0 Å². The highest BCUT2D eigenvalue weighted by atomic mass is 15.3. The van der Waals surface area contributed by atoms with Gasteiger partial charge in [-0.25, -0.2) is 15.8 Å². The number of aryl methyl sites for hydroxylation is 1. The lowest BCUT2D eigenvalue weighted by molar-refractivity contribution is 0.220. The number of nitrogen functional groups attached to an aromatic ring is 1. The van der Waals surface area contributed by atoms with Crippen LogP contribution in [0.5, 0.6) is 0 Å². The standard InChI is InChI=1S/C15H26N4/c1-5-12-10(2)13(19-16)18-14(17-12)11-6-8-15(3,4)9-7-11/h11H,5-9,16H2,1-4H3,(H,17,18,19). The maximum Gasteiger partial charge on any atom is 0.146 e. The Kier molecular flexibility index (Phi) is 4.09. The zero-order valence-corrected chi connectivity index (χ0v) is 12.6. The Balaban J connectivity index is 2.25. The number of hydrogen-bond acceptors (Lipinski definition) is 4. The summed E-state index contributed by atoms with van der Waals surface area (Å²) in [5.74, 6) is 7.83. The quantitative estimate of drug-likeness (QED) is 0.648. The van der Waals surface area contributed by atoms with Crippen LogP contribution in [-0.2, 0) is 6.42 Å². The normalized spacial score (nSPS) is 19.4. The van der Waals surface area contributed by atoms with Gasteiger partial charge in [0.15, 0.2) is 0 Å². The number of nitrogens with zero attached hydrogens (tertiary/aromatic N) is 2. The molecule has 4 nitrogen and oxygen atoms in total. The summed E-state index contributed by atoms with van der Waals surface area (Å²) in [7, 11) is 0. The van der Waals surface area contributed by atoms with Gasteiger partial charge < -0.3 is 5.43 Å². The van der Waals surface area contributed by atoms with E-state index in [1.807, 2.05) is 6.92 Å². The Bertz CT molecular complexity index is 418. The lowest BCUT2D eigenvalue weighted by Gasteiger charge is -2.33. The van der Waals surface area contributed by atoms with Gasteiger partial charge in [-0.3, -0.25) is 0 Å². The molecular weight excluding hydrogens is 236 g/mol. The molecule has 0 aromatic carbocycles. The molecule has 1 saturated carbocycles. The molecule has 3 N–H and O–H groups in total. The van der Waals surface area contributed by atoms with E-state index in [0.717, 1.165) is 29.3 Å². The largest absolute Gasteiger partial charge is 0.308 e. The van der Waals surface area contributed by atoms with Crippen LogP contribution in [0.2, 0.25) is 0 Å². The molecule has 0 unspecified atom stereocenters. The van der Waals surface area contributed by atoms with Crippen molar-refractivity contribution in [1.29, 1.82) is 0 Å². The summed E-state index contributed by atoms with van der Waals surface area (Å²) in [5.41, 5.74) is 5.38. The molecule has 1 aliphatic rings. The van der Waals surface area contributed by atoms with Gasteiger partial charge in [0.25, 0.3) is 0 Å². The average Bonchev–Trinajstić information content (AvgIpc) is 2.39. The van der Waals surface area contributed by atoms with E-state index in [-0.39, 0.29) is 0 Å². The molecule has 4 heteroatoms. The molecule has 1 aliphatic carbocycles. The summed E-state index contributed by atoms with van der Waals surface area (Å²) >= 11 is 0. The lowest BCUT2D eigenvalue weighted by atomic mass is 9.73. The van der Waals surface area contributed by atoms with Crippen LogP contribution in [0.15, 0.2) is 0 Å². The summed E-state index contributed by atoms with van der Waals surface area (Å²) in [6.07, 6.45) is 5.80. The molecule has 0 atom stereocenters. The second kappa shape index (κ2) is 5.45. The second-order valence-electron chi connectivity index (χ2n) is 6.44. The van der Waals surface area contributed by atoms with Crippen LogP contribution >= 0.6 is 0 Å². The topological polar surface area (TPSA) is 63.8 Å². The summed E-state index contributed by atoms with van der Waals surface area (Å²) in [5, 5.41) is 0. The van der Waals surface area contributed by atoms with Gasteiger partial charge in [0.05, 0.1) is 0 Å². The molecule has 1 aromatic heterocycles. The molecule has 106 valence electrons. The highest BCUT2D eigenvalue weighted by Crippen LogP contribution is 2.41. The van der Waals surface area contributed by atoms with Crippen molar-refractivity contribution in [2.75, 3.05) is 5.43 Å². The minimum absolute atomic E-state index is 0.476. The molecule has 1 fully saturated rings. The van der Waals surface area contributed by atoms with E-state index in [4.69, 9.17) is 10.8 Å². The molecular formula is C15H26N4. The Morgan fingerprint density at radius 1 is 1.26 bits per heavy atom. The number of hydrazine groups is 1. The second-order valence-corrected chi connectivity index (χ2v) is 6.44. The predicted molar refractivity (Wildman–Crippen MR) is 78.9 cm³/mol. The minimum Gasteiger partial charge on any atom is -0.308 e. The van der Waals surface area contributed by atoms with Crippen molar-refractivity contribution >= 4 is 5.82 Å². The number of aromatic nitrogens is 2. The smallest absolute Gasteiger partial charge is 0.146 e. The van der Waals surface area contributed by atoms with Crippen LogP contribution in [0.4, 0.5) is 5.82 Å². The third kappa shape index (κ3) is 3.06. The van der Waals surface area contributed by atoms with E-state index in [9.17, 15) is 0 Å². The Labute approximate surface area is 116 Å². The molecule has 0 aliphatic heterocycles. The molecule has 0 bridgehead atoms. The van der Waals surface area contributed by atoms with E-state index >= 15 is 0 Å². The molecule has 0 amide bonds. The third-order valence-electron chi connectivity index (χ3n) is 4.44. The third-order valence-corrected chi connectivity index (χ3v) is 4.44. The first kappa shape index (κ1) is 14.3. The lowest BCUT2D eigenvalue weighted by Crippen LogP contribution is -2.22. The maximum absolute atomic E-state index is 5.58. The summed E-state index contributed by atoms with van der Waals surface area (Å²) in [6.45, 7) is 8.86. The molecule has 1 aromatic rings. The molecule has 19 heavy (non-hydrogen) atoms. The fourth-order valence-electron chi connectivity index (χ4n) is 2.91. The van der Waals surface area contributed by atoms with Gasteiger partial charge in [0.1, 0.15) is 11.6 Å². The first-order valence-corrected chi connectivity index (χ1v) is 7.31. The van der Waals surface area contributed by atoms with Crippen molar-refractivity contribution in [3.8, 4) is 0 Å². The van der Waals surface area contributed by atoms with Crippen molar-refractivity contribution in [2.45, 2.75) is 65.7 Å². The van der Waals surface area contributed by atoms with Gasteiger partial charge >= 0.3 is 0 Å². The van der Waals surface area contributed by atoms with E-state index < -0.39 is 0 Å².